The molecule has 0 saturated carbocycles. The van der Waals surface area contributed by atoms with Crippen molar-refractivity contribution in [3.63, 3.8) is 0 Å². The van der Waals surface area contributed by atoms with Gasteiger partial charge in [0.1, 0.15) is 0 Å². The molecule has 1 aromatic carbocycles. The molecule has 1 aliphatic heterocycles. The van der Waals surface area contributed by atoms with Crippen LogP contribution in [0.15, 0.2) is 27.6 Å². The number of aliphatic hydroxyl groups is 1. The highest BCUT2D eigenvalue weighted by atomic mass is 79.9. The van der Waals surface area contributed by atoms with E-state index >= 15 is 0 Å². The summed E-state index contributed by atoms with van der Waals surface area (Å²) in [6.07, 6.45) is 0.961. The number of thioether (sulfide) groups is 1. The zero-order valence-corrected chi connectivity index (χ0v) is 10.7. The molecule has 1 aliphatic rings. The Kier molecular flexibility index (Phi) is 2.66. The average molecular weight is 273 g/mol. The molecular weight excluding hydrogens is 260 g/mol. The van der Waals surface area contributed by atoms with E-state index in [0.29, 0.717) is 0 Å². The van der Waals surface area contributed by atoms with Gasteiger partial charge in [0.25, 0.3) is 0 Å². The molecular formula is C11H13BrOS. The molecule has 76 valence electrons. The molecule has 1 nitrogen and oxygen atoms in total. The highest BCUT2D eigenvalue weighted by molar-refractivity contribution is 9.10. The maximum absolute atomic E-state index is 9.93. The van der Waals surface area contributed by atoms with Crippen LogP contribution in [0.1, 0.15) is 19.4 Å². The third-order valence-corrected chi connectivity index (χ3v) is 4.66. The van der Waals surface area contributed by atoms with E-state index in [0.717, 1.165) is 10.9 Å². The van der Waals surface area contributed by atoms with E-state index in [-0.39, 0.29) is 5.25 Å². The van der Waals surface area contributed by atoms with Crippen molar-refractivity contribution in [1.82, 2.24) is 0 Å². The van der Waals surface area contributed by atoms with Crippen molar-refractivity contribution in [2.24, 2.45) is 0 Å². The van der Waals surface area contributed by atoms with E-state index in [9.17, 15) is 5.11 Å². The quantitative estimate of drug-likeness (QED) is 0.847. The van der Waals surface area contributed by atoms with Gasteiger partial charge in [-0.2, -0.15) is 0 Å². The predicted molar refractivity (Wildman–Crippen MR) is 63.8 cm³/mol. The summed E-state index contributed by atoms with van der Waals surface area (Å²) in [6.45, 7) is 3.76. The van der Waals surface area contributed by atoms with Gasteiger partial charge in [0, 0.05) is 14.6 Å². The van der Waals surface area contributed by atoms with E-state index < -0.39 is 5.60 Å². The molecule has 0 aliphatic carbocycles. The Hall–Kier alpha value is 0.01000. The van der Waals surface area contributed by atoms with Crippen LogP contribution in [0.3, 0.4) is 0 Å². The summed E-state index contributed by atoms with van der Waals surface area (Å²) < 4.78 is 1.12. The molecule has 14 heavy (non-hydrogen) atoms. The van der Waals surface area contributed by atoms with Crippen LogP contribution < -0.4 is 0 Å². The van der Waals surface area contributed by atoms with Crippen LogP contribution in [0.2, 0.25) is 0 Å². The van der Waals surface area contributed by atoms with Gasteiger partial charge >= 0.3 is 0 Å². The lowest BCUT2D eigenvalue weighted by atomic mass is 9.99. The molecule has 1 aromatic rings. The normalized spacial score (nSPS) is 21.0. The van der Waals surface area contributed by atoms with Gasteiger partial charge in [-0.1, -0.05) is 15.9 Å². The van der Waals surface area contributed by atoms with Crippen LogP contribution in [0, 0.1) is 0 Å². The van der Waals surface area contributed by atoms with Gasteiger partial charge in [0.15, 0.2) is 0 Å². The van der Waals surface area contributed by atoms with Gasteiger partial charge < -0.3 is 5.11 Å². The topological polar surface area (TPSA) is 20.2 Å². The summed E-state index contributed by atoms with van der Waals surface area (Å²) in [6, 6.07) is 6.32. The largest absolute Gasteiger partial charge is 0.389 e. The van der Waals surface area contributed by atoms with E-state index in [2.05, 4.69) is 34.1 Å². The summed E-state index contributed by atoms with van der Waals surface area (Å²) in [5, 5.41) is 10.2. The van der Waals surface area contributed by atoms with Crippen LogP contribution >= 0.6 is 27.7 Å². The Labute approximate surface area is 97.0 Å². The van der Waals surface area contributed by atoms with E-state index in [1.54, 1.807) is 11.8 Å². The molecule has 0 aromatic heterocycles. The number of benzene rings is 1. The van der Waals surface area contributed by atoms with Crippen LogP contribution in [0.5, 0.6) is 0 Å². The van der Waals surface area contributed by atoms with E-state index in [1.165, 1.54) is 10.5 Å². The molecule has 1 unspecified atom stereocenters. The standard InChI is InChI=1S/C11H13BrOS/c1-11(2,13)10-6-7-5-8(12)3-4-9(7)14-10/h3-5,10,13H,6H2,1-2H3. The Morgan fingerprint density at radius 3 is 2.86 bits per heavy atom. The van der Waals surface area contributed by atoms with Gasteiger partial charge in [-0.3, -0.25) is 0 Å². The predicted octanol–water partition coefficient (Wildman–Crippen LogP) is 3.24. The molecule has 1 N–H and O–H groups in total. The lowest BCUT2D eigenvalue weighted by Gasteiger charge is -2.23. The number of halogens is 1. The zero-order chi connectivity index (χ0) is 10.3. The summed E-state index contributed by atoms with van der Waals surface area (Å²) in [5.41, 5.74) is 0.743. The average Bonchev–Trinajstić information content (AvgIpc) is 2.45. The van der Waals surface area contributed by atoms with Crippen LogP contribution in [-0.4, -0.2) is 16.0 Å². The molecule has 2 rings (SSSR count). The third kappa shape index (κ3) is 2.00. The Balaban J connectivity index is 2.26. The number of hydrogen-bond donors (Lipinski definition) is 1. The van der Waals surface area contributed by atoms with Gasteiger partial charge in [-0.15, -0.1) is 11.8 Å². The van der Waals surface area contributed by atoms with Crippen molar-refractivity contribution < 1.29 is 5.11 Å². The minimum atomic E-state index is -0.601. The maximum Gasteiger partial charge on any atom is 0.0716 e. The Bertz CT molecular complexity index is 357. The van der Waals surface area contributed by atoms with Crippen LogP contribution in [0.4, 0.5) is 0 Å². The van der Waals surface area contributed by atoms with Crippen LogP contribution in [0.25, 0.3) is 0 Å². The molecule has 0 saturated heterocycles. The van der Waals surface area contributed by atoms with Crippen LogP contribution in [-0.2, 0) is 6.42 Å². The first kappa shape index (κ1) is 10.5. The van der Waals surface area contributed by atoms with Gasteiger partial charge in [-0.05, 0) is 44.0 Å². The second-order valence-electron chi connectivity index (χ2n) is 4.22. The lowest BCUT2D eigenvalue weighted by molar-refractivity contribution is 0.0786. The molecule has 0 radical (unpaired) electrons. The SMILES string of the molecule is CC(C)(O)C1Cc2cc(Br)ccc2S1. The first-order chi connectivity index (χ1) is 6.47. The number of hydrogen-bond acceptors (Lipinski definition) is 2. The summed E-state index contributed by atoms with van der Waals surface area (Å²) >= 11 is 5.24. The van der Waals surface area contributed by atoms with Crippen molar-refractivity contribution >= 4 is 27.7 Å². The van der Waals surface area contributed by atoms with Crippen molar-refractivity contribution in [3.05, 3.63) is 28.2 Å². The smallest absolute Gasteiger partial charge is 0.0716 e. The second kappa shape index (κ2) is 3.54. The fourth-order valence-corrected chi connectivity index (χ4v) is 3.32. The second-order valence-corrected chi connectivity index (χ2v) is 6.38. The first-order valence-electron chi connectivity index (χ1n) is 4.64. The third-order valence-electron chi connectivity index (χ3n) is 2.49. The van der Waals surface area contributed by atoms with Gasteiger partial charge in [0.05, 0.1) is 5.60 Å². The lowest BCUT2D eigenvalue weighted by Crippen LogP contribution is -2.32. The van der Waals surface area contributed by atoms with Crippen molar-refractivity contribution in [1.29, 1.82) is 0 Å². The fourth-order valence-electron chi connectivity index (χ4n) is 1.61. The Morgan fingerprint density at radius 2 is 2.21 bits per heavy atom. The van der Waals surface area contributed by atoms with Gasteiger partial charge in [-0.25, -0.2) is 0 Å². The van der Waals surface area contributed by atoms with E-state index in [1.807, 2.05) is 13.8 Å². The molecule has 0 fully saturated rings. The highest BCUT2D eigenvalue weighted by Crippen LogP contribution is 2.42. The molecule has 0 bridgehead atoms. The maximum atomic E-state index is 9.93. The summed E-state index contributed by atoms with van der Waals surface area (Å²) in [5.74, 6) is 0. The highest BCUT2D eigenvalue weighted by Gasteiger charge is 2.33. The fraction of sp³-hybridized carbons (Fsp3) is 0.455. The molecule has 3 heteroatoms. The first-order valence-corrected chi connectivity index (χ1v) is 6.31. The molecule has 0 spiro atoms. The van der Waals surface area contributed by atoms with Crippen molar-refractivity contribution in [2.75, 3.05) is 0 Å². The monoisotopic (exact) mass is 272 g/mol. The summed E-state index contributed by atoms with van der Waals surface area (Å²) in [7, 11) is 0. The van der Waals surface area contributed by atoms with Crippen molar-refractivity contribution in [2.45, 2.75) is 36.0 Å². The van der Waals surface area contributed by atoms with Gasteiger partial charge in [0.2, 0.25) is 0 Å². The zero-order valence-electron chi connectivity index (χ0n) is 8.25. The van der Waals surface area contributed by atoms with E-state index in [4.69, 9.17) is 0 Å². The molecule has 1 heterocycles. The molecule has 1 atom stereocenters. The Morgan fingerprint density at radius 1 is 1.50 bits per heavy atom. The molecule has 0 amide bonds. The number of fused-ring (bicyclic) bond motifs is 1. The minimum Gasteiger partial charge on any atom is -0.389 e. The van der Waals surface area contributed by atoms with Crippen molar-refractivity contribution in [3.8, 4) is 0 Å². The minimum absolute atomic E-state index is 0.284. The number of rotatable bonds is 1. The summed E-state index contributed by atoms with van der Waals surface area (Å²) in [4.78, 5) is 1.31.